The molecular formula is C7H16N2O. The Morgan fingerprint density at radius 1 is 1.60 bits per heavy atom. The summed E-state index contributed by atoms with van der Waals surface area (Å²) in [6.45, 7) is 2.27. The zero-order valence-electron chi connectivity index (χ0n) is 6.21. The lowest BCUT2D eigenvalue weighted by atomic mass is 9.92. The third-order valence-electron chi connectivity index (χ3n) is 2.17. The molecule has 0 amide bonds. The van der Waals surface area contributed by atoms with Crippen molar-refractivity contribution >= 4 is 0 Å². The van der Waals surface area contributed by atoms with Crippen molar-refractivity contribution in [3.8, 4) is 0 Å². The third-order valence-corrected chi connectivity index (χ3v) is 2.17. The molecule has 1 saturated heterocycles. The molecule has 1 rings (SSSR count). The molecule has 2 unspecified atom stereocenters. The fraction of sp³-hybridized carbons (Fsp3) is 1.00. The first kappa shape index (κ1) is 7.98. The molecule has 4 N–H and O–H groups in total. The number of nitrogens with one attached hydrogen (secondary N) is 1. The van der Waals surface area contributed by atoms with E-state index in [1.54, 1.807) is 0 Å². The molecule has 1 heterocycles. The number of aliphatic hydroxyl groups is 1. The summed E-state index contributed by atoms with van der Waals surface area (Å²) in [6.07, 6.45) is 1.89. The van der Waals surface area contributed by atoms with Crippen LogP contribution in [-0.2, 0) is 0 Å². The Kier molecular flexibility index (Phi) is 3.12. The Balaban J connectivity index is 2.25. The number of aliphatic hydroxyl groups excluding tert-OH is 1. The molecule has 1 fully saturated rings. The van der Waals surface area contributed by atoms with Gasteiger partial charge in [-0.05, 0) is 31.8 Å². The van der Waals surface area contributed by atoms with E-state index in [0.29, 0.717) is 12.0 Å². The molecule has 1 aliphatic rings. The zero-order valence-corrected chi connectivity index (χ0v) is 6.21. The quantitative estimate of drug-likeness (QED) is 0.480. The van der Waals surface area contributed by atoms with Crippen molar-refractivity contribution in [1.82, 2.24) is 5.32 Å². The van der Waals surface area contributed by atoms with E-state index >= 15 is 0 Å². The maximum atomic E-state index is 8.65. The minimum absolute atomic E-state index is 0.264. The van der Waals surface area contributed by atoms with Crippen LogP contribution in [0.5, 0.6) is 0 Å². The molecule has 3 nitrogen and oxygen atoms in total. The van der Waals surface area contributed by atoms with E-state index in [0.717, 1.165) is 25.9 Å². The first-order valence-corrected chi connectivity index (χ1v) is 3.91. The summed E-state index contributed by atoms with van der Waals surface area (Å²) >= 11 is 0. The molecule has 10 heavy (non-hydrogen) atoms. The number of rotatable bonds is 2. The summed E-state index contributed by atoms with van der Waals surface area (Å²) in [5.74, 6) is 0.485. The average molecular weight is 144 g/mol. The van der Waals surface area contributed by atoms with Gasteiger partial charge >= 0.3 is 0 Å². The highest BCUT2D eigenvalue weighted by atomic mass is 16.3. The lowest BCUT2D eigenvalue weighted by Gasteiger charge is -2.28. The molecule has 60 valence electrons. The van der Waals surface area contributed by atoms with Crippen LogP contribution in [0.15, 0.2) is 0 Å². The van der Waals surface area contributed by atoms with Gasteiger partial charge in [0.05, 0.1) is 0 Å². The largest absolute Gasteiger partial charge is 0.396 e. The first-order chi connectivity index (χ1) is 4.84. The molecule has 0 aromatic carbocycles. The van der Waals surface area contributed by atoms with Gasteiger partial charge in [-0.3, -0.25) is 0 Å². The molecule has 0 spiro atoms. The van der Waals surface area contributed by atoms with E-state index in [2.05, 4.69) is 5.32 Å². The average Bonchev–Trinajstić information content (AvgIpc) is 1.94. The molecule has 0 saturated carbocycles. The molecule has 1 aliphatic heterocycles. The van der Waals surface area contributed by atoms with Crippen molar-refractivity contribution in [3.05, 3.63) is 0 Å². The topological polar surface area (TPSA) is 58.3 Å². The van der Waals surface area contributed by atoms with Gasteiger partial charge < -0.3 is 16.2 Å². The van der Waals surface area contributed by atoms with Crippen LogP contribution in [0.25, 0.3) is 0 Å². The van der Waals surface area contributed by atoms with Crippen LogP contribution in [-0.4, -0.2) is 30.8 Å². The second kappa shape index (κ2) is 3.91. The van der Waals surface area contributed by atoms with Gasteiger partial charge in [-0.2, -0.15) is 0 Å². The maximum Gasteiger partial charge on any atom is 0.0434 e. The van der Waals surface area contributed by atoms with Crippen molar-refractivity contribution in [3.63, 3.8) is 0 Å². The van der Waals surface area contributed by atoms with E-state index in [1.165, 1.54) is 0 Å². The monoisotopic (exact) mass is 144 g/mol. The highest BCUT2D eigenvalue weighted by molar-refractivity contribution is 4.79. The zero-order chi connectivity index (χ0) is 7.40. The van der Waals surface area contributed by atoms with Crippen LogP contribution < -0.4 is 11.1 Å². The Morgan fingerprint density at radius 2 is 2.40 bits per heavy atom. The molecule has 3 heteroatoms. The van der Waals surface area contributed by atoms with Gasteiger partial charge in [-0.25, -0.2) is 0 Å². The van der Waals surface area contributed by atoms with E-state index in [4.69, 9.17) is 10.8 Å². The van der Waals surface area contributed by atoms with Gasteiger partial charge in [0.25, 0.3) is 0 Å². The smallest absolute Gasteiger partial charge is 0.0434 e. The molecule has 0 radical (unpaired) electrons. The predicted molar refractivity (Wildman–Crippen MR) is 40.7 cm³/mol. The Morgan fingerprint density at radius 3 is 3.00 bits per heavy atom. The van der Waals surface area contributed by atoms with Crippen molar-refractivity contribution in [2.75, 3.05) is 19.7 Å². The number of piperidine rings is 1. The summed E-state index contributed by atoms with van der Waals surface area (Å²) in [5.41, 5.74) is 5.81. The second-order valence-electron chi connectivity index (χ2n) is 2.93. The number of hydrogen-bond donors (Lipinski definition) is 3. The van der Waals surface area contributed by atoms with Crippen LogP contribution in [0.2, 0.25) is 0 Å². The van der Waals surface area contributed by atoms with Crippen LogP contribution in [0.4, 0.5) is 0 Å². The lowest BCUT2D eigenvalue weighted by Crippen LogP contribution is -2.44. The fourth-order valence-electron chi connectivity index (χ4n) is 1.43. The summed E-state index contributed by atoms with van der Waals surface area (Å²) in [4.78, 5) is 0. The summed E-state index contributed by atoms with van der Waals surface area (Å²) in [5, 5.41) is 11.9. The maximum absolute atomic E-state index is 8.65. The van der Waals surface area contributed by atoms with Gasteiger partial charge in [-0.15, -0.1) is 0 Å². The van der Waals surface area contributed by atoms with Crippen LogP contribution >= 0.6 is 0 Å². The molecule has 0 bridgehead atoms. The highest BCUT2D eigenvalue weighted by Gasteiger charge is 2.20. The van der Waals surface area contributed by atoms with E-state index in [-0.39, 0.29) is 6.61 Å². The lowest BCUT2D eigenvalue weighted by molar-refractivity contribution is 0.221. The highest BCUT2D eigenvalue weighted by Crippen LogP contribution is 2.11. The summed E-state index contributed by atoms with van der Waals surface area (Å²) < 4.78 is 0. The van der Waals surface area contributed by atoms with Crippen molar-refractivity contribution in [2.24, 2.45) is 11.7 Å². The van der Waals surface area contributed by atoms with Crippen LogP contribution in [0.3, 0.4) is 0 Å². The van der Waals surface area contributed by atoms with Gasteiger partial charge in [0.2, 0.25) is 0 Å². The van der Waals surface area contributed by atoms with Gasteiger partial charge in [0, 0.05) is 12.6 Å². The van der Waals surface area contributed by atoms with Crippen LogP contribution in [0.1, 0.15) is 12.8 Å². The summed E-state index contributed by atoms with van der Waals surface area (Å²) in [6, 6.07) is 0.299. The van der Waals surface area contributed by atoms with Crippen LogP contribution in [0, 0.1) is 5.92 Å². The van der Waals surface area contributed by atoms with Gasteiger partial charge in [0.1, 0.15) is 0 Å². The third kappa shape index (κ3) is 1.94. The number of hydrogen-bond acceptors (Lipinski definition) is 3. The Bertz CT molecular complexity index is 95.6. The Hall–Kier alpha value is -0.120. The SMILES string of the molecule is NC1CCNCC1CCO. The van der Waals surface area contributed by atoms with E-state index in [9.17, 15) is 0 Å². The minimum atomic E-state index is 0.264. The van der Waals surface area contributed by atoms with Crippen molar-refractivity contribution in [1.29, 1.82) is 0 Å². The normalized spacial score (nSPS) is 34.2. The molecule has 2 atom stereocenters. The van der Waals surface area contributed by atoms with Gasteiger partial charge in [0.15, 0.2) is 0 Å². The van der Waals surface area contributed by atoms with Gasteiger partial charge in [-0.1, -0.05) is 0 Å². The van der Waals surface area contributed by atoms with E-state index in [1.807, 2.05) is 0 Å². The fourth-order valence-corrected chi connectivity index (χ4v) is 1.43. The molecular weight excluding hydrogens is 128 g/mol. The molecule has 0 aromatic rings. The second-order valence-corrected chi connectivity index (χ2v) is 2.93. The number of nitrogens with two attached hydrogens (primary N) is 1. The molecule has 0 aromatic heterocycles. The van der Waals surface area contributed by atoms with E-state index < -0.39 is 0 Å². The molecule has 0 aliphatic carbocycles. The summed E-state index contributed by atoms with van der Waals surface area (Å²) in [7, 11) is 0. The minimum Gasteiger partial charge on any atom is -0.396 e. The van der Waals surface area contributed by atoms with Crippen molar-refractivity contribution in [2.45, 2.75) is 18.9 Å². The standard InChI is InChI=1S/C7H16N2O/c8-7-1-3-9-5-6(7)2-4-10/h6-7,9-10H,1-5,8H2. The Labute approximate surface area is 61.6 Å². The van der Waals surface area contributed by atoms with Crippen molar-refractivity contribution < 1.29 is 5.11 Å². The first-order valence-electron chi connectivity index (χ1n) is 3.91. The predicted octanol–water partition coefficient (Wildman–Crippen LogP) is -0.694.